The summed E-state index contributed by atoms with van der Waals surface area (Å²) in [6.45, 7) is 1.71. The molecule has 0 saturated heterocycles. The first-order valence-corrected chi connectivity index (χ1v) is 5.29. The molecule has 0 aliphatic rings. The van der Waals surface area contributed by atoms with Crippen molar-refractivity contribution in [1.29, 1.82) is 0 Å². The molecule has 0 atom stereocenters. The minimum Gasteiger partial charge on any atom is -0.461 e. The summed E-state index contributed by atoms with van der Waals surface area (Å²) in [6.07, 6.45) is -3.10. The van der Waals surface area contributed by atoms with E-state index in [9.17, 15) is 18.0 Å². The van der Waals surface area contributed by atoms with E-state index in [2.05, 4.69) is 0 Å². The van der Waals surface area contributed by atoms with Gasteiger partial charge in [0, 0.05) is 6.20 Å². The molecule has 3 nitrogen and oxygen atoms in total. The molecule has 0 N–H and O–H groups in total. The molecule has 2 aromatic heterocycles. The van der Waals surface area contributed by atoms with Crippen LogP contribution in [-0.4, -0.2) is 17.0 Å². The number of hydrogen-bond acceptors (Lipinski definition) is 2. The number of ether oxygens (including phenoxy) is 1. The molecule has 0 radical (unpaired) electrons. The average molecular weight is 257 g/mol. The molecule has 6 heteroatoms. The Hall–Kier alpha value is -1.98. The Morgan fingerprint density at radius 3 is 2.72 bits per heavy atom. The highest BCUT2D eigenvalue weighted by atomic mass is 19.4. The van der Waals surface area contributed by atoms with Crippen molar-refractivity contribution in [2.45, 2.75) is 13.1 Å². The van der Waals surface area contributed by atoms with Gasteiger partial charge in [0.25, 0.3) is 0 Å². The molecule has 96 valence electrons. The van der Waals surface area contributed by atoms with Crippen molar-refractivity contribution < 1.29 is 22.7 Å². The Bertz CT molecular complexity index is 587. The van der Waals surface area contributed by atoms with Gasteiger partial charge >= 0.3 is 12.1 Å². The van der Waals surface area contributed by atoms with Crippen LogP contribution in [0.2, 0.25) is 0 Å². The number of esters is 1. The van der Waals surface area contributed by atoms with Gasteiger partial charge in [0.1, 0.15) is 5.69 Å². The maximum absolute atomic E-state index is 12.8. The quantitative estimate of drug-likeness (QED) is 0.774. The third-order valence-corrected chi connectivity index (χ3v) is 2.47. The third-order valence-electron chi connectivity index (χ3n) is 2.47. The summed E-state index contributed by atoms with van der Waals surface area (Å²) in [5, 5.41) is 0. The average Bonchev–Trinajstić information content (AvgIpc) is 2.68. The largest absolute Gasteiger partial charge is 0.461 e. The lowest BCUT2D eigenvalue weighted by Gasteiger charge is -2.04. The van der Waals surface area contributed by atoms with Gasteiger partial charge in [-0.25, -0.2) is 4.79 Å². The smallest absolute Gasteiger partial charge is 0.418 e. The van der Waals surface area contributed by atoms with Crippen LogP contribution in [0, 0.1) is 0 Å². The molecule has 0 amide bonds. The molecular formula is C12H10F3NO2. The lowest BCUT2D eigenvalue weighted by molar-refractivity contribution is -0.136. The summed E-state index contributed by atoms with van der Waals surface area (Å²) in [6, 6.07) is 5.16. The molecular weight excluding hydrogens is 247 g/mol. The number of alkyl halides is 3. The molecule has 2 heterocycles. The van der Waals surface area contributed by atoms with E-state index in [1.807, 2.05) is 0 Å². The lowest BCUT2D eigenvalue weighted by Crippen LogP contribution is -2.07. The minimum absolute atomic E-state index is 0.0620. The molecule has 2 rings (SSSR count). The van der Waals surface area contributed by atoms with E-state index < -0.39 is 17.7 Å². The van der Waals surface area contributed by atoms with Crippen LogP contribution in [0.4, 0.5) is 13.2 Å². The van der Waals surface area contributed by atoms with Crippen molar-refractivity contribution in [3.8, 4) is 0 Å². The van der Waals surface area contributed by atoms with Gasteiger partial charge in [0.05, 0.1) is 17.7 Å². The van der Waals surface area contributed by atoms with E-state index in [0.717, 1.165) is 6.07 Å². The van der Waals surface area contributed by atoms with Crippen LogP contribution in [-0.2, 0) is 10.9 Å². The molecule has 0 aliphatic heterocycles. The monoisotopic (exact) mass is 257 g/mol. The number of rotatable bonds is 2. The van der Waals surface area contributed by atoms with Crippen LogP contribution in [0.25, 0.3) is 5.52 Å². The van der Waals surface area contributed by atoms with E-state index in [0.29, 0.717) is 0 Å². The molecule has 18 heavy (non-hydrogen) atoms. The van der Waals surface area contributed by atoms with Crippen molar-refractivity contribution in [3.63, 3.8) is 0 Å². The molecule has 0 unspecified atom stereocenters. The first kappa shape index (κ1) is 12.5. The van der Waals surface area contributed by atoms with Gasteiger partial charge in [-0.05, 0) is 25.1 Å². The van der Waals surface area contributed by atoms with E-state index >= 15 is 0 Å². The number of pyridine rings is 1. The Morgan fingerprint density at radius 1 is 1.39 bits per heavy atom. The summed E-state index contributed by atoms with van der Waals surface area (Å²) in [5.41, 5.74) is -1.03. The Labute approximate surface area is 101 Å². The fourth-order valence-corrected chi connectivity index (χ4v) is 1.74. The third kappa shape index (κ3) is 2.05. The fourth-order valence-electron chi connectivity index (χ4n) is 1.74. The predicted octanol–water partition coefficient (Wildman–Crippen LogP) is 3.13. The van der Waals surface area contributed by atoms with Crippen LogP contribution in [0.3, 0.4) is 0 Å². The summed E-state index contributed by atoms with van der Waals surface area (Å²) in [7, 11) is 0. The molecule has 0 aromatic carbocycles. The second kappa shape index (κ2) is 4.36. The van der Waals surface area contributed by atoms with Crippen LogP contribution in [0.5, 0.6) is 0 Å². The highest BCUT2D eigenvalue weighted by Gasteiger charge is 2.35. The molecule has 2 aromatic rings. The molecule has 0 spiro atoms. The highest BCUT2D eigenvalue weighted by Crippen LogP contribution is 2.34. The summed E-state index contributed by atoms with van der Waals surface area (Å²) in [4.78, 5) is 11.6. The van der Waals surface area contributed by atoms with Crippen molar-refractivity contribution in [2.75, 3.05) is 6.61 Å². The number of carbonyl (C=O) groups excluding carboxylic acids is 1. The van der Waals surface area contributed by atoms with Crippen molar-refractivity contribution in [1.82, 2.24) is 4.40 Å². The van der Waals surface area contributed by atoms with Crippen molar-refractivity contribution >= 4 is 11.5 Å². The Kier molecular flexibility index (Phi) is 3.02. The number of fused-ring (bicyclic) bond motifs is 1. The van der Waals surface area contributed by atoms with Gasteiger partial charge in [0.2, 0.25) is 0 Å². The summed E-state index contributed by atoms with van der Waals surface area (Å²) < 4.78 is 44.4. The molecule has 0 bridgehead atoms. The van der Waals surface area contributed by atoms with E-state index in [1.54, 1.807) is 13.0 Å². The van der Waals surface area contributed by atoms with Crippen LogP contribution < -0.4 is 0 Å². The second-order valence-electron chi connectivity index (χ2n) is 3.62. The highest BCUT2D eigenvalue weighted by molar-refractivity contribution is 5.90. The number of halogens is 3. The number of carbonyl (C=O) groups is 1. The van der Waals surface area contributed by atoms with E-state index in [4.69, 9.17) is 4.74 Å². The zero-order chi connectivity index (χ0) is 13.3. The Morgan fingerprint density at radius 2 is 2.11 bits per heavy atom. The molecule has 0 saturated carbocycles. The van der Waals surface area contributed by atoms with E-state index in [1.165, 1.54) is 22.7 Å². The number of aromatic nitrogens is 1. The van der Waals surface area contributed by atoms with Gasteiger partial charge in [0.15, 0.2) is 0 Å². The number of nitrogens with zero attached hydrogens (tertiary/aromatic N) is 1. The van der Waals surface area contributed by atoms with Crippen LogP contribution in [0.15, 0.2) is 30.5 Å². The Balaban J connectivity index is 2.65. The normalized spacial score (nSPS) is 11.8. The van der Waals surface area contributed by atoms with Gasteiger partial charge in [-0.2, -0.15) is 13.2 Å². The fraction of sp³-hybridized carbons (Fsp3) is 0.250. The van der Waals surface area contributed by atoms with Gasteiger partial charge in [-0.1, -0.05) is 6.07 Å². The zero-order valence-electron chi connectivity index (χ0n) is 9.49. The first-order chi connectivity index (χ1) is 8.45. The maximum atomic E-state index is 12.8. The minimum atomic E-state index is -4.50. The number of hydrogen-bond donors (Lipinski definition) is 0. The van der Waals surface area contributed by atoms with Crippen LogP contribution >= 0.6 is 0 Å². The SMILES string of the molecule is CCOC(=O)c1cc(C(F)(F)F)c2ccccn12. The summed E-state index contributed by atoms with van der Waals surface area (Å²) in [5.74, 6) is -0.769. The molecule has 0 aliphatic carbocycles. The van der Waals surface area contributed by atoms with Gasteiger partial charge < -0.3 is 9.14 Å². The summed E-state index contributed by atoms with van der Waals surface area (Å²) >= 11 is 0. The van der Waals surface area contributed by atoms with Gasteiger partial charge in [-0.3, -0.25) is 0 Å². The molecule has 0 fully saturated rings. The standard InChI is InChI=1S/C12H10F3NO2/c1-2-18-11(17)10-7-8(12(13,14)15)9-5-3-4-6-16(9)10/h3-7H,2H2,1H3. The van der Waals surface area contributed by atoms with E-state index in [-0.39, 0.29) is 17.8 Å². The van der Waals surface area contributed by atoms with Crippen molar-refractivity contribution in [3.05, 3.63) is 41.7 Å². The first-order valence-electron chi connectivity index (χ1n) is 5.29. The zero-order valence-corrected chi connectivity index (χ0v) is 9.49. The topological polar surface area (TPSA) is 30.7 Å². The van der Waals surface area contributed by atoms with Crippen molar-refractivity contribution in [2.24, 2.45) is 0 Å². The second-order valence-corrected chi connectivity index (χ2v) is 3.62. The predicted molar refractivity (Wildman–Crippen MR) is 58.4 cm³/mol. The van der Waals surface area contributed by atoms with Gasteiger partial charge in [-0.15, -0.1) is 0 Å². The maximum Gasteiger partial charge on any atom is 0.418 e. The lowest BCUT2D eigenvalue weighted by atomic mass is 10.2. The van der Waals surface area contributed by atoms with Crippen LogP contribution in [0.1, 0.15) is 23.0 Å².